The lowest BCUT2D eigenvalue weighted by Crippen LogP contribution is -2.50. The summed E-state index contributed by atoms with van der Waals surface area (Å²) in [5.74, 6) is -2.70. The van der Waals surface area contributed by atoms with Gasteiger partial charge in [0.15, 0.2) is 11.6 Å². The van der Waals surface area contributed by atoms with Crippen molar-refractivity contribution in [3.8, 4) is 0 Å². The van der Waals surface area contributed by atoms with E-state index in [1.807, 2.05) is 19.6 Å². The summed E-state index contributed by atoms with van der Waals surface area (Å²) < 4.78 is 22.0. The van der Waals surface area contributed by atoms with E-state index < -0.39 is 52.4 Å². The molecule has 0 aromatic rings. The Kier molecular flexibility index (Phi) is 14.9. The SMILES string of the molecule is CC(C)(C)OC(=O)CN1CCN(CC(=O)OC2C(=O)CCC2=O)CCN(CC(=O)OC(C)(C)C)CCN(CC(=O)OC(C)(C)C)CC1. The minimum Gasteiger partial charge on any atom is -0.459 e. The molecule has 1 aliphatic carbocycles. The number of hydrogen-bond acceptors (Lipinski definition) is 14. The molecule has 0 aromatic heterocycles. The molecule has 0 radical (unpaired) electrons. The number of hydrogen-bond donors (Lipinski definition) is 0. The molecule has 47 heavy (non-hydrogen) atoms. The van der Waals surface area contributed by atoms with Crippen molar-refractivity contribution in [2.75, 3.05) is 78.5 Å². The van der Waals surface area contributed by atoms with Gasteiger partial charge in [-0.25, -0.2) is 0 Å². The lowest BCUT2D eigenvalue weighted by molar-refractivity contribution is -0.159. The van der Waals surface area contributed by atoms with Crippen LogP contribution in [-0.2, 0) is 47.7 Å². The topological polar surface area (TPSA) is 152 Å². The van der Waals surface area contributed by atoms with Crippen molar-refractivity contribution >= 4 is 35.4 Å². The monoisotopic (exact) mass is 668 g/mol. The van der Waals surface area contributed by atoms with E-state index in [9.17, 15) is 28.8 Å². The molecule has 14 nitrogen and oxygen atoms in total. The second kappa shape index (κ2) is 17.5. The first-order valence-corrected chi connectivity index (χ1v) is 16.4. The predicted molar refractivity (Wildman–Crippen MR) is 172 cm³/mol. The smallest absolute Gasteiger partial charge is 0.321 e. The molecule has 0 unspecified atom stereocenters. The Morgan fingerprint density at radius 2 is 0.723 bits per heavy atom. The summed E-state index contributed by atoms with van der Waals surface area (Å²) in [6.45, 7) is 19.0. The van der Waals surface area contributed by atoms with Crippen LogP contribution >= 0.6 is 0 Å². The largest absolute Gasteiger partial charge is 0.459 e. The van der Waals surface area contributed by atoms with Gasteiger partial charge in [-0.3, -0.25) is 48.4 Å². The van der Waals surface area contributed by atoms with Crippen LogP contribution in [0.5, 0.6) is 0 Å². The van der Waals surface area contributed by atoms with Crippen molar-refractivity contribution in [2.24, 2.45) is 0 Å². The highest BCUT2D eigenvalue weighted by molar-refractivity contribution is 6.12. The zero-order valence-electron chi connectivity index (χ0n) is 29.8. The third-order valence-electron chi connectivity index (χ3n) is 7.05. The Morgan fingerprint density at radius 1 is 0.489 bits per heavy atom. The first-order chi connectivity index (χ1) is 21.6. The van der Waals surface area contributed by atoms with Crippen molar-refractivity contribution in [3.05, 3.63) is 0 Å². The van der Waals surface area contributed by atoms with Crippen molar-refractivity contribution in [2.45, 2.75) is 98.1 Å². The minimum absolute atomic E-state index is 0.00825. The Labute approximate surface area is 279 Å². The summed E-state index contributed by atoms with van der Waals surface area (Å²) in [6.07, 6.45) is -1.24. The normalized spacial score (nSPS) is 19.5. The lowest BCUT2D eigenvalue weighted by atomic mass is 10.2. The second-order valence-corrected chi connectivity index (χ2v) is 15.2. The molecule has 0 amide bonds. The number of rotatable bonds is 9. The van der Waals surface area contributed by atoms with Crippen LogP contribution in [0.3, 0.4) is 0 Å². The first-order valence-electron chi connectivity index (χ1n) is 16.4. The molecule has 1 saturated heterocycles. The van der Waals surface area contributed by atoms with Gasteiger partial charge >= 0.3 is 23.9 Å². The number of nitrogens with zero attached hydrogens (tertiary/aromatic N) is 4. The maximum Gasteiger partial charge on any atom is 0.321 e. The standard InChI is InChI=1S/C33H56N4O10/c1-31(2,3)45-27(41)21-35-14-12-34(20-26(40)44-30-24(38)10-11-25(30)39)13-15-36(22-28(42)46-32(4,5)6)17-19-37(18-16-35)23-29(43)47-33(7,8)9/h30H,10-23H2,1-9H3. The molecule has 2 rings (SSSR count). The van der Waals surface area contributed by atoms with E-state index in [0.29, 0.717) is 52.4 Å². The highest BCUT2D eigenvalue weighted by Gasteiger charge is 2.36. The van der Waals surface area contributed by atoms with Crippen molar-refractivity contribution in [3.63, 3.8) is 0 Å². The molecule has 0 N–H and O–H groups in total. The number of ether oxygens (including phenoxy) is 4. The van der Waals surface area contributed by atoms with Gasteiger partial charge in [-0.1, -0.05) is 0 Å². The maximum absolute atomic E-state index is 12.9. The van der Waals surface area contributed by atoms with Gasteiger partial charge in [0.2, 0.25) is 6.10 Å². The Morgan fingerprint density at radius 3 is 0.957 bits per heavy atom. The van der Waals surface area contributed by atoms with Gasteiger partial charge in [0, 0.05) is 65.2 Å². The van der Waals surface area contributed by atoms with E-state index in [1.165, 1.54) is 0 Å². The highest BCUT2D eigenvalue weighted by Crippen LogP contribution is 2.15. The molecule has 14 heteroatoms. The van der Waals surface area contributed by atoms with Gasteiger partial charge in [-0.2, -0.15) is 0 Å². The van der Waals surface area contributed by atoms with E-state index in [2.05, 4.69) is 0 Å². The van der Waals surface area contributed by atoms with Crippen LogP contribution in [0.2, 0.25) is 0 Å². The number of Topliss-reactive ketones (excluding diaryl/α,β-unsaturated/α-hetero) is 2. The molecule has 1 aliphatic heterocycles. The fraction of sp³-hybridized carbons (Fsp3) is 0.818. The molecule has 2 fully saturated rings. The lowest BCUT2D eigenvalue weighted by Gasteiger charge is -2.34. The number of esters is 4. The summed E-state index contributed by atoms with van der Waals surface area (Å²) >= 11 is 0. The van der Waals surface area contributed by atoms with E-state index in [-0.39, 0.29) is 45.0 Å². The van der Waals surface area contributed by atoms with Crippen LogP contribution in [0.25, 0.3) is 0 Å². The van der Waals surface area contributed by atoms with E-state index in [0.717, 1.165) is 0 Å². The Bertz CT molecular complexity index is 1060. The second-order valence-electron chi connectivity index (χ2n) is 15.2. The molecule has 2 aliphatic rings. The number of carbonyl (C=O) groups is 6. The van der Waals surface area contributed by atoms with Crippen LogP contribution in [0.15, 0.2) is 0 Å². The van der Waals surface area contributed by atoms with Gasteiger partial charge in [0.25, 0.3) is 0 Å². The van der Waals surface area contributed by atoms with Crippen molar-refractivity contribution in [1.29, 1.82) is 0 Å². The predicted octanol–water partition coefficient (Wildman–Crippen LogP) is 1.08. The van der Waals surface area contributed by atoms with Gasteiger partial charge in [-0.15, -0.1) is 0 Å². The molecular weight excluding hydrogens is 612 g/mol. The summed E-state index contributed by atoms with van der Waals surface area (Å²) in [4.78, 5) is 83.1. The third kappa shape index (κ3) is 17.2. The average Bonchev–Trinajstić information content (AvgIpc) is 3.18. The van der Waals surface area contributed by atoms with Crippen LogP contribution in [0, 0.1) is 0 Å². The fourth-order valence-electron chi connectivity index (χ4n) is 5.05. The number of ketones is 2. The average molecular weight is 669 g/mol. The maximum atomic E-state index is 12.9. The van der Waals surface area contributed by atoms with Gasteiger partial charge < -0.3 is 18.9 Å². The molecule has 1 heterocycles. The van der Waals surface area contributed by atoms with Gasteiger partial charge in [0.1, 0.15) is 16.8 Å². The summed E-state index contributed by atoms with van der Waals surface area (Å²) in [5, 5.41) is 0. The molecule has 0 atom stereocenters. The fourth-order valence-corrected chi connectivity index (χ4v) is 5.05. The molecular formula is C33H56N4O10. The molecule has 1 saturated carbocycles. The van der Waals surface area contributed by atoms with E-state index in [1.54, 1.807) is 62.3 Å². The van der Waals surface area contributed by atoms with Crippen LogP contribution < -0.4 is 0 Å². The minimum atomic E-state index is -1.36. The zero-order valence-corrected chi connectivity index (χ0v) is 29.8. The van der Waals surface area contributed by atoms with Crippen LogP contribution in [0.4, 0.5) is 0 Å². The van der Waals surface area contributed by atoms with Crippen molar-refractivity contribution in [1.82, 2.24) is 19.6 Å². The van der Waals surface area contributed by atoms with E-state index >= 15 is 0 Å². The third-order valence-corrected chi connectivity index (χ3v) is 7.05. The molecule has 0 bridgehead atoms. The van der Waals surface area contributed by atoms with Crippen molar-refractivity contribution < 1.29 is 47.7 Å². The van der Waals surface area contributed by atoms with Crippen LogP contribution in [0.1, 0.15) is 75.2 Å². The Balaban J connectivity index is 2.28. The van der Waals surface area contributed by atoms with Gasteiger partial charge in [-0.05, 0) is 62.3 Å². The Hall–Kier alpha value is -2.94. The zero-order chi connectivity index (χ0) is 35.6. The highest BCUT2D eigenvalue weighted by atomic mass is 16.6. The summed E-state index contributed by atoms with van der Waals surface area (Å²) in [5.41, 5.74) is -2.00. The van der Waals surface area contributed by atoms with Gasteiger partial charge in [0.05, 0.1) is 26.2 Å². The molecule has 0 spiro atoms. The van der Waals surface area contributed by atoms with Crippen LogP contribution in [-0.4, -0.2) is 156 Å². The molecule has 268 valence electrons. The summed E-state index contributed by atoms with van der Waals surface area (Å²) in [6, 6.07) is 0. The number of carbonyl (C=O) groups excluding carboxylic acids is 6. The van der Waals surface area contributed by atoms with E-state index in [4.69, 9.17) is 18.9 Å². The quantitative estimate of drug-likeness (QED) is 0.196. The molecule has 0 aromatic carbocycles. The summed E-state index contributed by atoms with van der Waals surface area (Å²) in [7, 11) is 0. The first kappa shape index (κ1) is 40.2.